The van der Waals surface area contributed by atoms with Gasteiger partial charge in [0, 0.05) is 0 Å². The number of nitrogens with zero attached hydrogens (tertiary/aromatic N) is 4. The van der Waals surface area contributed by atoms with E-state index in [1.807, 2.05) is 24.3 Å². The average Bonchev–Trinajstić information content (AvgIpc) is 2.95. The molecule has 1 aromatic heterocycles. The Morgan fingerprint density at radius 3 is 2.68 bits per heavy atom. The quantitative estimate of drug-likeness (QED) is 0.245. The summed E-state index contributed by atoms with van der Waals surface area (Å²) in [6.45, 7) is 1.74. The van der Waals surface area contributed by atoms with E-state index in [4.69, 9.17) is 0 Å². The molecule has 22 heavy (non-hydrogen) atoms. The van der Waals surface area contributed by atoms with E-state index < -0.39 is 0 Å². The Hall–Kier alpha value is -2.80. The third kappa shape index (κ3) is 3.44. The maximum atomic E-state index is 9.20. The molecule has 0 aliphatic rings. The molecule has 0 saturated heterocycles. The highest BCUT2D eigenvalue weighted by Gasteiger charge is 2.01. The second kappa shape index (κ2) is 6.31. The Kier molecular flexibility index (Phi) is 4.06. The summed E-state index contributed by atoms with van der Waals surface area (Å²) in [4.78, 5) is 4.37. The van der Waals surface area contributed by atoms with Crippen LogP contribution in [-0.2, 0) is 0 Å². The Morgan fingerprint density at radius 2 is 1.91 bits per heavy atom. The van der Waals surface area contributed by atoms with Crippen molar-refractivity contribution in [1.82, 2.24) is 4.98 Å². The normalized spacial score (nSPS) is 12.1. The second-order valence-electron chi connectivity index (χ2n) is 4.48. The number of azo groups is 1. The van der Waals surface area contributed by atoms with E-state index >= 15 is 0 Å². The summed E-state index contributed by atoms with van der Waals surface area (Å²) in [5, 5.41) is 22.0. The Morgan fingerprint density at radius 1 is 1.14 bits per heavy atom. The molecular formula is C15H13N5OS. The number of hydrogen-bond donors (Lipinski definition) is 2. The predicted molar refractivity (Wildman–Crippen MR) is 89.0 cm³/mol. The van der Waals surface area contributed by atoms with Crippen molar-refractivity contribution in [2.24, 2.45) is 15.3 Å². The van der Waals surface area contributed by atoms with Crippen molar-refractivity contribution in [2.45, 2.75) is 6.92 Å². The number of thiazole rings is 1. The van der Waals surface area contributed by atoms with Crippen molar-refractivity contribution in [3.05, 3.63) is 48.5 Å². The lowest BCUT2D eigenvalue weighted by Gasteiger charge is -1.99. The molecule has 0 unspecified atom stereocenters. The second-order valence-corrected chi connectivity index (χ2v) is 5.49. The number of phenolic OH excluding ortho intramolecular Hbond substituents is 1. The van der Waals surface area contributed by atoms with Gasteiger partial charge in [-0.25, -0.2) is 4.98 Å². The number of aromatic nitrogens is 1. The number of para-hydroxylation sites is 1. The monoisotopic (exact) mass is 311 g/mol. The Balaban J connectivity index is 1.68. The molecule has 0 aliphatic carbocycles. The maximum absolute atomic E-state index is 9.20. The van der Waals surface area contributed by atoms with Crippen LogP contribution in [0.1, 0.15) is 6.92 Å². The van der Waals surface area contributed by atoms with Crippen LogP contribution < -0.4 is 5.43 Å². The van der Waals surface area contributed by atoms with Crippen LogP contribution in [0.3, 0.4) is 0 Å². The summed E-state index contributed by atoms with van der Waals surface area (Å²) in [7, 11) is 0. The summed E-state index contributed by atoms with van der Waals surface area (Å²) in [5.41, 5.74) is 4.51. The van der Waals surface area contributed by atoms with Crippen molar-refractivity contribution < 1.29 is 5.11 Å². The smallest absolute Gasteiger partial charge is 0.231 e. The van der Waals surface area contributed by atoms with E-state index in [0.717, 1.165) is 15.9 Å². The molecule has 0 bridgehead atoms. The SMILES string of the molecule is C/C(N=Nc1nc2ccccc2s1)=N\Nc1ccc(O)cc1. The van der Waals surface area contributed by atoms with Crippen LogP contribution in [0.25, 0.3) is 10.2 Å². The fourth-order valence-electron chi connectivity index (χ4n) is 1.72. The lowest BCUT2D eigenvalue weighted by Crippen LogP contribution is -1.93. The largest absolute Gasteiger partial charge is 0.508 e. The molecule has 0 aliphatic heterocycles. The number of aromatic hydroxyl groups is 1. The summed E-state index contributed by atoms with van der Waals surface area (Å²) in [5.74, 6) is 0.689. The molecule has 3 aromatic rings. The van der Waals surface area contributed by atoms with Crippen molar-refractivity contribution in [1.29, 1.82) is 0 Å². The summed E-state index contributed by atoms with van der Waals surface area (Å²) in [6, 6.07) is 14.4. The number of phenols is 1. The molecule has 2 aromatic carbocycles. The van der Waals surface area contributed by atoms with Gasteiger partial charge < -0.3 is 5.11 Å². The molecular weight excluding hydrogens is 298 g/mol. The molecule has 0 atom stereocenters. The zero-order chi connectivity index (χ0) is 15.4. The molecule has 6 nitrogen and oxygen atoms in total. The first-order valence-electron chi connectivity index (χ1n) is 6.57. The van der Waals surface area contributed by atoms with Gasteiger partial charge in [-0.05, 0) is 43.3 Å². The van der Waals surface area contributed by atoms with Crippen LogP contribution in [0.2, 0.25) is 0 Å². The number of amidine groups is 1. The van der Waals surface area contributed by atoms with Gasteiger partial charge in [-0.15, -0.1) is 10.2 Å². The molecule has 7 heteroatoms. The van der Waals surface area contributed by atoms with Crippen LogP contribution in [0, 0.1) is 0 Å². The van der Waals surface area contributed by atoms with Crippen LogP contribution >= 0.6 is 11.3 Å². The lowest BCUT2D eigenvalue weighted by atomic mass is 10.3. The zero-order valence-electron chi connectivity index (χ0n) is 11.8. The highest BCUT2D eigenvalue weighted by atomic mass is 32.1. The number of hydrogen-bond acceptors (Lipinski definition) is 6. The maximum Gasteiger partial charge on any atom is 0.231 e. The minimum atomic E-state index is 0.210. The molecule has 110 valence electrons. The molecule has 0 radical (unpaired) electrons. The predicted octanol–water partition coefficient (Wildman–Crippen LogP) is 4.53. The molecule has 0 spiro atoms. The molecule has 0 fully saturated rings. The molecule has 0 saturated carbocycles. The number of anilines is 1. The van der Waals surface area contributed by atoms with Crippen LogP contribution in [0.4, 0.5) is 10.8 Å². The van der Waals surface area contributed by atoms with Gasteiger partial charge in [0.25, 0.3) is 0 Å². The van der Waals surface area contributed by atoms with Gasteiger partial charge in [0.1, 0.15) is 5.75 Å². The third-order valence-corrected chi connectivity index (χ3v) is 3.70. The summed E-state index contributed by atoms with van der Waals surface area (Å²) >= 11 is 1.48. The van der Waals surface area contributed by atoms with Gasteiger partial charge >= 0.3 is 0 Å². The van der Waals surface area contributed by atoms with Crippen molar-refractivity contribution >= 4 is 38.2 Å². The van der Waals surface area contributed by atoms with E-state index in [9.17, 15) is 5.11 Å². The minimum absolute atomic E-state index is 0.210. The first kappa shape index (κ1) is 14.2. The van der Waals surface area contributed by atoms with E-state index in [1.165, 1.54) is 11.3 Å². The number of hydrazone groups is 1. The van der Waals surface area contributed by atoms with Gasteiger partial charge in [-0.3, -0.25) is 5.43 Å². The van der Waals surface area contributed by atoms with E-state index in [-0.39, 0.29) is 5.75 Å². The first-order chi connectivity index (χ1) is 10.7. The average molecular weight is 311 g/mol. The standard InChI is InChI=1S/C15H13N5OS/c1-10(17-19-11-6-8-12(21)9-7-11)18-20-15-16-13-4-2-3-5-14(13)22-15/h2-9,19,21H,1H3/b17-10+,20-18?. The highest BCUT2D eigenvalue weighted by molar-refractivity contribution is 7.21. The molecule has 2 N–H and O–H groups in total. The van der Waals surface area contributed by atoms with Crippen molar-refractivity contribution in [3.63, 3.8) is 0 Å². The number of rotatable bonds is 3. The Bertz CT molecular complexity index is 806. The van der Waals surface area contributed by atoms with Gasteiger partial charge in [-0.2, -0.15) is 5.10 Å². The van der Waals surface area contributed by atoms with E-state index in [1.54, 1.807) is 31.2 Å². The topological polar surface area (TPSA) is 82.2 Å². The number of nitrogens with one attached hydrogen (secondary N) is 1. The van der Waals surface area contributed by atoms with Crippen LogP contribution in [0.15, 0.2) is 63.9 Å². The fourth-order valence-corrected chi connectivity index (χ4v) is 2.51. The van der Waals surface area contributed by atoms with Crippen molar-refractivity contribution in [2.75, 3.05) is 5.43 Å². The highest BCUT2D eigenvalue weighted by Crippen LogP contribution is 2.27. The van der Waals surface area contributed by atoms with Gasteiger partial charge in [0.15, 0.2) is 5.84 Å². The molecule has 0 amide bonds. The Labute approximate surface area is 130 Å². The van der Waals surface area contributed by atoms with E-state index in [2.05, 4.69) is 25.7 Å². The fraction of sp³-hybridized carbons (Fsp3) is 0.0667. The molecule has 3 rings (SSSR count). The van der Waals surface area contributed by atoms with Crippen molar-refractivity contribution in [3.8, 4) is 5.75 Å². The summed E-state index contributed by atoms with van der Waals surface area (Å²) < 4.78 is 1.08. The zero-order valence-corrected chi connectivity index (χ0v) is 12.6. The summed E-state index contributed by atoms with van der Waals surface area (Å²) in [6.07, 6.45) is 0. The third-order valence-electron chi connectivity index (χ3n) is 2.78. The molecule has 1 heterocycles. The van der Waals surface area contributed by atoms with Gasteiger partial charge in [-0.1, -0.05) is 23.5 Å². The lowest BCUT2D eigenvalue weighted by molar-refractivity contribution is 0.475. The number of fused-ring (bicyclic) bond motifs is 1. The van der Waals surface area contributed by atoms with Gasteiger partial charge in [0.05, 0.1) is 15.9 Å². The van der Waals surface area contributed by atoms with Crippen LogP contribution in [0.5, 0.6) is 5.75 Å². The first-order valence-corrected chi connectivity index (χ1v) is 7.39. The minimum Gasteiger partial charge on any atom is -0.508 e. The van der Waals surface area contributed by atoms with Gasteiger partial charge in [0.2, 0.25) is 5.13 Å². The van der Waals surface area contributed by atoms with E-state index in [0.29, 0.717) is 11.0 Å². The number of benzene rings is 2. The van der Waals surface area contributed by atoms with Crippen LogP contribution in [-0.4, -0.2) is 15.9 Å².